The minimum Gasteiger partial charge on any atom is -0.350 e. The van der Waals surface area contributed by atoms with E-state index in [1.54, 1.807) is 0 Å². The van der Waals surface area contributed by atoms with Crippen molar-refractivity contribution < 1.29 is 9.59 Å². The second-order valence-electron chi connectivity index (χ2n) is 5.88. The zero-order valence-electron chi connectivity index (χ0n) is 14.4. The maximum atomic E-state index is 11.8. The molecule has 0 aromatic heterocycles. The highest BCUT2D eigenvalue weighted by atomic mass is 16.2. The summed E-state index contributed by atoms with van der Waals surface area (Å²) in [7, 11) is 0. The summed E-state index contributed by atoms with van der Waals surface area (Å²) in [5, 5.41) is 5.74. The molecule has 0 heterocycles. The predicted octanol–water partition coefficient (Wildman–Crippen LogP) is 3.26. The first kappa shape index (κ1) is 20.2. The van der Waals surface area contributed by atoms with E-state index < -0.39 is 0 Å². The van der Waals surface area contributed by atoms with E-state index in [0.717, 1.165) is 36.8 Å². The summed E-state index contributed by atoms with van der Waals surface area (Å²) in [5.74, 6) is -0.507. The smallest absolute Gasteiger partial charge is 0.244 e. The summed E-state index contributed by atoms with van der Waals surface area (Å²) >= 11 is 0. The molecule has 0 spiro atoms. The fourth-order valence-electron chi connectivity index (χ4n) is 2.09. The van der Waals surface area contributed by atoms with Crippen molar-refractivity contribution in [2.75, 3.05) is 0 Å². The van der Waals surface area contributed by atoms with Gasteiger partial charge in [0.1, 0.15) is 0 Å². The first-order valence-electron chi connectivity index (χ1n) is 7.86. The van der Waals surface area contributed by atoms with Gasteiger partial charge in [-0.25, -0.2) is 0 Å². The highest BCUT2D eigenvalue weighted by Gasteiger charge is 2.10. The van der Waals surface area contributed by atoms with E-state index in [4.69, 9.17) is 0 Å². The average molecular weight is 306 g/mol. The quantitative estimate of drug-likeness (QED) is 0.481. The van der Waals surface area contributed by atoms with E-state index in [0.29, 0.717) is 0 Å². The van der Waals surface area contributed by atoms with Gasteiger partial charge in [-0.2, -0.15) is 0 Å². The van der Waals surface area contributed by atoms with Crippen molar-refractivity contribution in [1.29, 1.82) is 0 Å². The summed E-state index contributed by atoms with van der Waals surface area (Å²) in [6.07, 6.45) is 5.72. The summed E-state index contributed by atoms with van der Waals surface area (Å²) in [4.78, 5) is 23.6. The summed E-state index contributed by atoms with van der Waals surface area (Å²) < 4.78 is 0. The van der Waals surface area contributed by atoms with Crippen LogP contribution in [0.2, 0.25) is 0 Å². The van der Waals surface area contributed by atoms with Crippen molar-refractivity contribution in [3.63, 3.8) is 0 Å². The summed E-state index contributed by atoms with van der Waals surface area (Å²) in [5.41, 5.74) is 2.05. The van der Waals surface area contributed by atoms with Crippen molar-refractivity contribution in [3.05, 3.63) is 36.5 Å². The Morgan fingerprint density at radius 2 is 1.18 bits per heavy atom. The molecule has 4 nitrogen and oxygen atoms in total. The third-order valence-corrected chi connectivity index (χ3v) is 3.25. The van der Waals surface area contributed by atoms with E-state index in [1.807, 2.05) is 27.7 Å². The zero-order chi connectivity index (χ0) is 17.1. The van der Waals surface area contributed by atoms with E-state index in [1.165, 1.54) is 12.2 Å². The largest absolute Gasteiger partial charge is 0.350 e. The van der Waals surface area contributed by atoms with Crippen molar-refractivity contribution in [1.82, 2.24) is 10.6 Å². The molecular weight excluding hydrogens is 276 g/mol. The number of amides is 2. The lowest BCUT2D eigenvalue weighted by molar-refractivity contribution is -0.119. The molecule has 0 aromatic carbocycles. The van der Waals surface area contributed by atoms with E-state index in [2.05, 4.69) is 23.8 Å². The number of carbonyl (C=O) groups is 2. The molecule has 2 unspecified atom stereocenters. The number of rotatable bonds is 10. The molecule has 4 heteroatoms. The van der Waals surface area contributed by atoms with Crippen LogP contribution in [0.5, 0.6) is 0 Å². The molecule has 0 fully saturated rings. The van der Waals surface area contributed by atoms with E-state index >= 15 is 0 Å². The number of hydrogen-bond donors (Lipinski definition) is 2. The van der Waals surface area contributed by atoms with Crippen LogP contribution in [-0.2, 0) is 9.59 Å². The van der Waals surface area contributed by atoms with Crippen molar-refractivity contribution in [2.24, 2.45) is 0 Å². The Labute approximate surface area is 134 Å². The lowest BCUT2D eigenvalue weighted by Gasteiger charge is -2.16. The molecule has 124 valence electrons. The van der Waals surface area contributed by atoms with Gasteiger partial charge in [0.15, 0.2) is 0 Å². The fraction of sp³-hybridized carbons (Fsp3) is 0.556. The van der Waals surface area contributed by atoms with Crippen LogP contribution in [0.15, 0.2) is 36.5 Å². The van der Waals surface area contributed by atoms with Crippen LogP contribution in [-0.4, -0.2) is 23.9 Å². The van der Waals surface area contributed by atoms with Crippen LogP contribution < -0.4 is 10.6 Å². The Balaban J connectivity index is 4.38. The monoisotopic (exact) mass is 306 g/mol. The molecule has 2 atom stereocenters. The Kier molecular flexibility index (Phi) is 9.92. The molecule has 0 bridgehead atoms. The van der Waals surface area contributed by atoms with E-state index in [-0.39, 0.29) is 23.9 Å². The molecule has 0 aliphatic carbocycles. The Hall–Kier alpha value is -1.84. The zero-order valence-corrected chi connectivity index (χ0v) is 14.4. The lowest BCUT2D eigenvalue weighted by Crippen LogP contribution is -2.35. The van der Waals surface area contributed by atoms with Crippen molar-refractivity contribution in [3.8, 4) is 0 Å². The highest BCUT2D eigenvalue weighted by molar-refractivity contribution is 5.96. The first-order valence-corrected chi connectivity index (χ1v) is 7.86. The molecule has 0 rings (SSSR count). The van der Waals surface area contributed by atoms with Crippen LogP contribution in [0.3, 0.4) is 0 Å². The molecule has 0 saturated heterocycles. The first-order chi connectivity index (χ1) is 10.3. The third kappa shape index (κ3) is 9.97. The van der Waals surface area contributed by atoms with Gasteiger partial charge < -0.3 is 10.6 Å². The van der Waals surface area contributed by atoms with Gasteiger partial charge in [-0.3, -0.25) is 9.59 Å². The molecule has 0 radical (unpaired) electrons. The second-order valence-corrected chi connectivity index (χ2v) is 5.88. The van der Waals surface area contributed by atoms with Crippen molar-refractivity contribution >= 4 is 11.8 Å². The van der Waals surface area contributed by atoms with Gasteiger partial charge in [0.05, 0.1) is 0 Å². The minimum atomic E-state index is -0.254. The molecule has 2 N–H and O–H groups in total. The van der Waals surface area contributed by atoms with Crippen LogP contribution in [0.1, 0.15) is 53.4 Å². The topological polar surface area (TPSA) is 58.2 Å². The molecule has 2 amide bonds. The lowest BCUT2D eigenvalue weighted by atomic mass is 10.1. The van der Waals surface area contributed by atoms with Gasteiger partial charge in [-0.15, -0.1) is 13.2 Å². The Bertz CT molecular complexity index is 398. The van der Waals surface area contributed by atoms with Crippen LogP contribution in [0, 0.1) is 0 Å². The summed E-state index contributed by atoms with van der Waals surface area (Å²) in [6, 6.07) is 0.119. The van der Waals surface area contributed by atoms with Gasteiger partial charge in [-0.05, 0) is 39.5 Å². The maximum absolute atomic E-state index is 11.8. The van der Waals surface area contributed by atoms with Crippen molar-refractivity contribution in [2.45, 2.75) is 65.5 Å². The number of nitrogens with one attached hydrogen (secondary N) is 2. The average Bonchev–Trinajstić information content (AvgIpc) is 2.42. The Morgan fingerprint density at radius 1 is 0.864 bits per heavy atom. The maximum Gasteiger partial charge on any atom is 0.244 e. The molecule has 22 heavy (non-hydrogen) atoms. The minimum absolute atomic E-state index is 0.0597. The third-order valence-electron chi connectivity index (χ3n) is 3.25. The second kappa shape index (κ2) is 10.8. The van der Waals surface area contributed by atoms with Gasteiger partial charge in [0.25, 0.3) is 0 Å². The van der Waals surface area contributed by atoms with E-state index in [9.17, 15) is 9.59 Å². The number of hydrogen-bond acceptors (Lipinski definition) is 2. The number of carbonyl (C=O) groups excluding carboxylic acids is 2. The SMILES string of the molecule is C=C(C)CC(CC)NC(=O)/C=C/C(=O)NC(CC)CC(=C)C. The van der Waals surface area contributed by atoms with Crippen LogP contribution in [0.4, 0.5) is 0 Å². The summed E-state index contributed by atoms with van der Waals surface area (Å²) in [6.45, 7) is 15.6. The molecule has 0 aromatic rings. The van der Waals surface area contributed by atoms with Crippen LogP contribution >= 0.6 is 0 Å². The molecule has 0 aliphatic heterocycles. The predicted molar refractivity (Wildman–Crippen MR) is 92.4 cm³/mol. The fourth-order valence-corrected chi connectivity index (χ4v) is 2.09. The highest BCUT2D eigenvalue weighted by Crippen LogP contribution is 2.06. The van der Waals surface area contributed by atoms with Crippen LogP contribution in [0.25, 0.3) is 0 Å². The van der Waals surface area contributed by atoms with Gasteiger partial charge >= 0.3 is 0 Å². The van der Waals surface area contributed by atoms with Gasteiger partial charge in [-0.1, -0.05) is 25.0 Å². The van der Waals surface area contributed by atoms with Gasteiger partial charge in [0.2, 0.25) is 11.8 Å². The normalized spacial score (nSPS) is 13.5. The standard InChI is InChI=1S/C18H30N2O2/c1-7-15(11-13(3)4)19-17(21)9-10-18(22)20-16(8-2)12-14(5)6/h9-10,15-16H,3,5,7-8,11-12H2,1-2,4,6H3,(H,19,21)(H,20,22)/b10-9+. The molecular formula is C18H30N2O2. The van der Waals surface area contributed by atoms with Gasteiger partial charge in [0, 0.05) is 24.2 Å². The molecule has 0 aliphatic rings. The molecule has 0 saturated carbocycles. The Morgan fingerprint density at radius 3 is 1.41 bits per heavy atom.